The first-order valence-corrected chi connectivity index (χ1v) is 21.8. The molecule has 19 heteroatoms. The van der Waals surface area contributed by atoms with Crippen LogP contribution < -0.4 is 16.5 Å². The van der Waals surface area contributed by atoms with Gasteiger partial charge in [-0.05, 0) is 24.2 Å². The lowest BCUT2D eigenvalue weighted by Crippen LogP contribution is -2.60. The number of nitrogens with one attached hydrogen (secondary N) is 2. The Kier molecular flexibility index (Phi) is 36.4. The van der Waals surface area contributed by atoms with Crippen LogP contribution in [0.2, 0.25) is 0 Å². The summed E-state index contributed by atoms with van der Waals surface area (Å²) in [6.45, 7) is 20.4. The number of likely N-dealkylation sites (N-methyl/N-ethyl adjacent to an activating group) is 2. The third kappa shape index (κ3) is 27.3. The minimum Gasteiger partial charge on any atom is -0.379 e. The summed E-state index contributed by atoms with van der Waals surface area (Å²) in [5.41, 5.74) is 0. The van der Waals surface area contributed by atoms with E-state index in [1.165, 1.54) is 4.90 Å². The van der Waals surface area contributed by atoms with Gasteiger partial charge in [0, 0.05) is 27.7 Å². The van der Waals surface area contributed by atoms with Crippen molar-refractivity contribution in [2.75, 3.05) is 140 Å². The molecule has 4 N–H and O–H groups in total. The molecule has 0 aliphatic carbocycles. The van der Waals surface area contributed by atoms with E-state index in [4.69, 9.17) is 48.5 Å². The van der Waals surface area contributed by atoms with Gasteiger partial charge < -0.3 is 63.1 Å². The van der Waals surface area contributed by atoms with Crippen LogP contribution in [0.15, 0.2) is 0 Å². The van der Waals surface area contributed by atoms with Crippen molar-refractivity contribution >= 4 is 23.6 Å². The maximum absolute atomic E-state index is 13.9. The van der Waals surface area contributed by atoms with Gasteiger partial charge in [0.1, 0.15) is 18.7 Å². The highest BCUT2D eigenvalue weighted by Gasteiger charge is 2.38. The molecule has 19 nitrogen and oxygen atoms in total. The highest BCUT2D eigenvalue weighted by molar-refractivity contribution is 5.92. The molecule has 0 radical (unpaired) electrons. The molecule has 0 aliphatic rings. The lowest BCUT2D eigenvalue weighted by molar-refractivity contribution is -0.146. The first-order valence-electron chi connectivity index (χ1n) is 21.8. The Balaban J connectivity index is 4.10. The van der Waals surface area contributed by atoms with Gasteiger partial charge in [0.25, 0.3) is 0 Å². The van der Waals surface area contributed by atoms with E-state index < -0.39 is 12.1 Å². The molecule has 0 rings (SSSR count). The zero-order valence-corrected chi connectivity index (χ0v) is 39.1. The van der Waals surface area contributed by atoms with E-state index in [0.29, 0.717) is 106 Å². The Morgan fingerprint density at radius 1 is 0.590 bits per heavy atom. The van der Waals surface area contributed by atoms with Crippen LogP contribution >= 0.6 is 0 Å². The number of amides is 4. The summed E-state index contributed by atoms with van der Waals surface area (Å²) in [7, 11) is 5.07. The number of carbonyl (C=O) groups excluding carboxylic acids is 4. The standard InChI is InChI=1S/C42H83N5O14/c1-11-34(7)40(35(12-2)52-10)47(9)42(51)38(32(3)4)45-41(50)39(33(5)6)46(8)37(49)13-15-53-17-19-55-21-23-57-25-27-59-29-30-60-28-26-58-24-22-56-20-18-54-16-14-44-36(48)31-61-43/h32-35,38-40H,11-31,43H2,1-10H3,(H,44,48)(H,45,50)/t34-,35+,38-,39-,40-/m0/s1. The van der Waals surface area contributed by atoms with Crippen LogP contribution in [0.4, 0.5) is 0 Å². The maximum Gasteiger partial charge on any atom is 0.248 e. The van der Waals surface area contributed by atoms with Crippen molar-refractivity contribution in [3.63, 3.8) is 0 Å². The molecule has 0 heterocycles. The summed E-state index contributed by atoms with van der Waals surface area (Å²) < 4.78 is 49.6. The minimum atomic E-state index is -0.762. The second-order valence-corrected chi connectivity index (χ2v) is 15.2. The predicted octanol–water partition coefficient (Wildman–Crippen LogP) is 1.44. The van der Waals surface area contributed by atoms with Gasteiger partial charge in [-0.25, -0.2) is 5.90 Å². The minimum absolute atomic E-state index is 0.100. The van der Waals surface area contributed by atoms with E-state index in [9.17, 15) is 19.2 Å². The number of ether oxygens (including phenoxy) is 9. The van der Waals surface area contributed by atoms with Gasteiger partial charge in [-0.2, -0.15) is 0 Å². The molecule has 0 aromatic rings. The van der Waals surface area contributed by atoms with Crippen molar-refractivity contribution in [2.45, 2.75) is 92.0 Å². The monoisotopic (exact) mass is 882 g/mol. The summed E-state index contributed by atoms with van der Waals surface area (Å²) in [6, 6.07) is -1.67. The molecular weight excluding hydrogens is 798 g/mol. The van der Waals surface area contributed by atoms with Crippen LogP contribution in [0.5, 0.6) is 0 Å². The van der Waals surface area contributed by atoms with Crippen molar-refractivity contribution in [2.24, 2.45) is 23.7 Å². The first-order chi connectivity index (χ1) is 29.3. The third-order valence-corrected chi connectivity index (χ3v) is 9.90. The van der Waals surface area contributed by atoms with Crippen molar-refractivity contribution in [3.05, 3.63) is 0 Å². The molecule has 0 fully saturated rings. The summed E-state index contributed by atoms with van der Waals surface area (Å²) in [4.78, 5) is 59.3. The lowest BCUT2D eigenvalue weighted by Gasteiger charge is -2.40. The van der Waals surface area contributed by atoms with Crippen LogP contribution in [0.3, 0.4) is 0 Å². The highest BCUT2D eigenvalue weighted by atomic mass is 16.6. The van der Waals surface area contributed by atoms with Crippen molar-refractivity contribution < 1.29 is 66.6 Å². The number of methoxy groups -OCH3 is 1. The van der Waals surface area contributed by atoms with E-state index >= 15 is 0 Å². The molecule has 0 aromatic carbocycles. The van der Waals surface area contributed by atoms with Crippen LogP contribution in [0, 0.1) is 17.8 Å². The molecular formula is C42H83N5O14. The second-order valence-electron chi connectivity index (χ2n) is 15.2. The van der Waals surface area contributed by atoms with Crippen molar-refractivity contribution in [1.82, 2.24) is 20.4 Å². The van der Waals surface area contributed by atoms with Crippen LogP contribution in [-0.4, -0.2) is 198 Å². The number of nitrogens with zero attached hydrogens (tertiary/aromatic N) is 2. The number of nitrogens with two attached hydrogens (primary N) is 1. The van der Waals surface area contributed by atoms with Gasteiger partial charge in [-0.3, -0.25) is 24.0 Å². The van der Waals surface area contributed by atoms with E-state index in [1.807, 2.05) is 34.6 Å². The molecule has 61 heavy (non-hydrogen) atoms. The Hall–Kier alpha value is -2.56. The molecule has 0 unspecified atom stereocenters. The smallest absolute Gasteiger partial charge is 0.248 e. The summed E-state index contributed by atoms with van der Waals surface area (Å²) in [5.74, 6) is 3.59. The average molecular weight is 882 g/mol. The Bertz CT molecular complexity index is 1120. The normalized spacial score (nSPS) is 14.1. The fourth-order valence-electron chi connectivity index (χ4n) is 6.35. The fourth-order valence-corrected chi connectivity index (χ4v) is 6.35. The maximum atomic E-state index is 13.9. The predicted molar refractivity (Wildman–Crippen MR) is 230 cm³/mol. The molecule has 360 valence electrons. The summed E-state index contributed by atoms with van der Waals surface area (Å²) in [6.07, 6.45) is 1.60. The summed E-state index contributed by atoms with van der Waals surface area (Å²) in [5, 5.41) is 5.58. The Morgan fingerprint density at radius 2 is 1.02 bits per heavy atom. The van der Waals surface area contributed by atoms with Crippen LogP contribution in [0.1, 0.15) is 67.7 Å². The SMILES string of the molecule is CC[C@H](C)[C@@H]([C@@H](CC)OC)N(C)C(=O)[C@@H](NC(=O)[C@H](C(C)C)N(C)C(=O)CCOCCOCCOCCOCCOCCOCCOCCOCCNC(=O)CON)C(C)C. The van der Waals surface area contributed by atoms with Gasteiger partial charge in [0.2, 0.25) is 23.6 Å². The summed E-state index contributed by atoms with van der Waals surface area (Å²) >= 11 is 0. The number of hydrogen-bond acceptors (Lipinski definition) is 15. The van der Waals surface area contributed by atoms with Gasteiger partial charge in [0.05, 0.1) is 124 Å². The lowest BCUT2D eigenvalue weighted by atomic mass is 9.90. The molecule has 0 spiro atoms. The molecule has 0 bridgehead atoms. The Morgan fingerprint density at radius 3 is 1.38 bits per heavy atom. The fraction of sp³-hybridized carbons (Fsp3) is 0.905. The zero-order valence-electron chi connectivity index (χ0n) is 39.1. The third-order valence-electron chi connectivity index (χ3n) is 9.90. The second kappa shape index (κ2) is 37.9. The average Bonchev–Trinajstić information content (AvgIpc) is 3.23. The van der Waals surface area contributed by atoms with E-state index in [-0.39, 0.29) is 73.2 Å². The van der Waals surface area contributed by atoms with Crippen LogP contribution in [0.25, 0.3) is 0 Å². The molecule has 0 aliphatic heterocycles. The first kappa shape index (κ1) is 58.4. The molecule has 5 atom stereocenters. The number of rotatable bonds is 41. The largest absolute Gasteiger partial charge is 0.379 e. The van der Waals surface area contributed by atoms with E-state index in [0.717, 1.165) is 12.8 Å². The molecule has 4 amide bonds. The van der Waals surface area contributed by atoms with Gasteiger partial charge in [0.15, 0.2) is 0 Å². The molecule has 0 saturated carbocycles. The van der Waals surface area contributed by atoms with Gasteiger partial charge >= 0.3 is 0 Å². The van der Waals surface area contributed by atoms with E-state index in [1.54, 1.807) is 26.1 Å². The zero-order chi connectivity index (χ0) is 45.8. The quantitative estimate of drug-likeness (QED) is 0.0585. The van der Waals surface area contributed by atoms with Gasteiger partial charge in [-0.15, -0.1) is 0 Å². The van der Waals surface area contributed by atoms with Crippen molar-refractivity contribution in [3.8, 4) is 0 Å². The highest BCUT2D eigenvalue weighted by Crippen LogP contribution is 2.23. The molecule has 0 saturated heterocycles. The molecule has 0 aromatic heterocycles. The van der Waals surface area contributed by atoms with Crippen molar-refractivity contribution in [1.29, 1.82) is 0 Å². The van der Waals surface area contributed by atoms with E-state index in [2.05, 4.69) is 29.3 Å². The Labute approximate surface area is 365 Å². The van der Waals surface area contributed by atoms with Crippen LogP contribution in [-0.2, 0) is 66.6 Å². The van der Waals surface area contributed by atoms with Gasteiger partial charge in [-0.1, -0.05) is 54.9 Å². The topological polar surface area (TPSA) is 217 Å². The number of hydrogen-bond donors (Lipinski definition) is 3. The number of carbonyl (C=O) groups is 4.